The lowest BCUT2D eigenvalue weighted by molar-refractivity contribution is 0.125. The Labute approximate surface area is 111 Å². The second-order valence-electron chi connectivity index (χ2n) is 5.97. The number of nitrogens with zero attached hydrogens (tertiary/aromatic N) is 3. The van der Waals surface area contributed by atoms with E-state index in [1.54, 1.807) is 0 Å². The van der Waals surface area contributed by atoms with E-state index in [1.165, 1.54) is 37.9 Å². The van der Waals surface area contributed by atoms with E-state index in [0.29, 0.717) is 12.1 Å². The Balaban J connectivity index is 1.86. The van der Waals surface area contributed by atoms with Crippen molar-refractivity contribution in [2.75, 3.05) is 47.3 Å². The van der Waals surface area contributed by atoms with E-state index in [-0.39, 0.29) is 0 Å². The van der Waals surface area contributed by atoms with E-state index < -0.39 is 0 Å². The van der Waals surface area contributed by atoms with Gasteiger partial charge in [-0.1, -0.05) is 0 Å². The van der Waals surface area contributed by atoms with Crippen LogP contribution >= 0.6 is 0 Å². The van der Waals surface area contributed by atoms with Gasteiger partial charge >= 0.3 is 0 Å². The molecule has 0 bridgehead atoms. The fourth-order valence-electron chi connectivity index (χ4n) is 3.07. The molecular weight excluding hydrogens is 224 g/mol. The van der Waals surface area contributed by atoms with Crippen LogP contribution in [0.4, 0.5) is 0 Å². The zero-order valence-corrected chi connectivity index (χ0v) is 12.2. The fraction of sp³-hybridized carbons (Fsp3) is 0.929. The van der Waals surface area contributed by atoms with Crippen LogP contribution in [0.2, 0.25) is 0 Å². The SMILES string of the molecule is CN1CCC(N(C)C)C(NCC2=NCCCC2)C1. The summed E-state index contributed by atoms with van der Waals surface area (Å²) in [6.07, 6.45) is 5.05. The second-order valence-corrected chi connectivity index (χ2v) is 5.97. The van der Waals surface area contributed by atoms with Crippen LogP contribution in [0, 0.1) is 0 Å². The number of hydrogen-bond acceptors (Lipinski definition) is 4. The molecule has 0 spiro atoms. The summed E-state index contributed by atoms with van der Waals surface area (Å²) < 4.78 is 0. The van der Waals surface area contributed by atoms with Crippen molar-refractivity contribution in [2.45, 2.75) is 37.8 Å². The van der Waals surface area contributed by atoms with Gasteiger partial charge in [0.1, 0.15) is 0 Å². The smallest absolute Gasteiger partial charge is 0.0389 e. The van der Waals surface area contributed by atoms with Gasteiger partial charge in [-0.2, -0.15) is 0 Å². The molecule has 0 amide bonds. The average Bonchev–Trinajstić information content (AvgIpc) is 2.37. The van der Waals surface area contributed by atoms with Crippen molar-refractivity contribution < 1.29 is 0 Å². The lowest BCUT2D eigenvalue weighted by Crippen LogP contribution is -2.58. The van der Waals surface area contributed by atoms with Crippen molar-refractivity contribution in [3.8, 4) is 0 Å². The largest absolute Gasteiger partial charge is 0.306 e. The summed E-state index contributed by atoms with van der Waals surface area (Å²) in [6, 6.07) is 1.23. The van der Waals surface area contributed by atoms with E-state index in [4.69, 9.17) is 0 Å². The molecule has 0 aliphatic carbocycles. The fourth-order valence-corrected chi connectivity index (χ4v) is 3.07. The minimum atomic E-state index is 0.573. The Hall–Kier alpha value is -0.450. The number of aliphatic imine (C=N–C) groups is 1. The first-order chi connectivity index (χ1) is 8.66. The number of likely N-dealkylation sites (N-methyl/N-ethyl adjacent to an activating group) is 2. The standard InChI is InChI=1S/C14H28N4/c1-17(2)14-7-9-18(3)11-13(14)16-10-12-6-4-5-8-15-12/h13-14,16H,4-11H2,1-3H3. The molecule has 0 aromatic heterocycles. The van der Waals surface area contributed by atoms with Crippen molar-refractivity contribution in [1.29, 1.82) is 0 Å². The highest BCUT2D eigenvalue weighted by molar-refractivity contribution is 5.86. The zero-order valence-electron chi connectivity index (χ0n) is 12.2. The highest BCUT2D eigenvalue weighted by Gasteiger charge is 2.28. The van der Waals surface area contributed by atoms with Crippen LogP contribution in [0.3, 0.4) is 0 Å². The topological polar surface area (TPSA) is 30.9 Å². The number of likely N-dealkylation sites (tertiary alicyclic amines) is 1. The molecule has 0 aromatic carbocycles. The molecule has 4 heteroatoms. The first-order valence-electron chi connectivity index (χ1n) is 7.27. The lowest BCUT2D eigenvalue weighted by Gasteiger charge is -2.40. The van der Waals surface area contributed by atoms with Crippen LogP contribution in [0.5, 0.6) is 0 Å². The Kier molecular flexibility index (Phi) is 5.15. The van der Waals surface area contributed by atoms with Gasteiger partial charge in [0, 0.05) is 37.4 Å². The highest BCUT2D eigenvalue weighted by Crippen LogP contribution is 2.14. The molecule has 0 saturated carbocycles. The molecule has 1 saturated heterocycles. The van der Waals surface area contributed by atoms with E-state index in [2.05, 4.69) is 41.3 Å². The third kappa shape index (κ3) is 3.77. The van der Waals surface area contributed by atoms with Crippen molar-refractivity contribution in [3.63, 3.8) is 0 Å². The molecule has 2 unspecified atom stereocenters. The van der Waals surface area contributed by atoms with Crippen molar-refractivity contribution in [3.05, 3.63) is 0 Å². The van der Waals surface area contributed by atoms with Crippen LogP contribution in [0.25, 0.3) is 0 Å². The summed E-state index contributed by atoms with van der Waals surface area (Å²) in [5, 5.41) is 3.74. The first-order valence-corrected chi connectivity index (χ1v) is 7.27. The average molecular weight is 252 g/mol. The van der Waals surface area contributed by atoms with Gasteiger partial charge in [-0.3, -0.25) is 4.99 Å². The molecule has 0 aromatic rings. The van der Waals surface area contributed by atoms with E-state index in [9.17, 15) is 0 Å². The number of rotatable bonds is 4. The minimum Gasteiger partial charge on any atom is -0.306 e. The van der Waals surface area contributed by atoms with Crippen LogP contribution in [0.1, 0.15) is 25.7 Å². The molecular formula is C14H28N4. The third-order valence-electron chi connectivity index (χ3n) is 4.22. The highest BCUT2D eigenvalue weighted by atomic mass is 15.2. The molecule has 4 nitrogen and oxygen atoms in total. The van der Waals surface area contributed by atoms with Gasteiger partial charge in [0.05, 0.1) is 0 Å². The summed E-state index contributed by atoms with van der Waals surface area (Å²) in [5.74, 6) is 0. The molecule has 18 heavy (non-hydrogen) atoms. The summed E-state index contributed by atoms with van der Waals surface area (Å²) in [7, 11) is 6.62. The van der Waals surface area contributed by atoms with E-state index in [0.717, 1.165) is 19.6 Å². The molecule has 2 aliphatic heterocycles. The van der Waals surface area contributed by atoms with E-state index in [1.807, 2.05) is 0 Å². The number of hydrogen-bond donors (Lipinski definition) is 1. The maximum atomic E-state index is 4.63. The van der Waals surface area contributed by atoms with Gasteiger partial charge in [-0.15, -0.1) is 0 Å². The number of piperidine rings is 1. The van der Waals surface area contributed by atoms with Crippen LogP contribution in [-0.2, 0) is 0 Å². The summed E-state index contributed by atoms with van der Waals surface area (Å²) in [4.78, 5) is 9.43. The van der Waals surface area contributed by atoms with Crippen LogP contribution in [-0.4, -0.2) is 74.9 Å². The van der Waals surface area contributed by atoms with Crippen molar-refractivity contribution >= 4 is 5.71 Å². The Bertz CT molecular complexity index is 288. The molecule has 2 aliphatic rings. The Morgan fingerprint density at radius 2 is 2.22 bits per heavy atom. The molecule has 0 radical (unpaired) electrons. The third-order valence-corrected chi connectivity index (χ3v) is 4.22. The first kappa shape index (κ1) is 14.0. The van der Waals surface area contributed by atoms with Gasteiger partial charge in [0.25, 0.3) is 0 Å². The zero-order chi connectivity index (χ0) is 13.0. The van der Waals surface area contributed by atoms with Gasteiger partial charge in [0.15, 0.2) is 0 Å². The van der Waals surface area contributed by atoms with E-state index >= 15 is 0 Å². The number of nitrogens with one attached hydrogen (secondary N) is 1. The van der Waals surface area contributed by atoms with Gasteiger partial charge in [-0.05, 0) is 53.4 Å². The van der Waals surface area contributed by atoms with Gasteiger partial charge in [0.2, 0.25) is 0 Å². The molecule has 2 heterocycles. The lowest BCUT2D eigenvalue weighted by atomic mass is 9.98. The molecule has 2 rings (SSSR count). The minimum absolute atomic E-state index is 0.573. The molecule has 104 valence electrons. The van der Waals surface area contributed by atoms with Gasteiger partial charge < -0.3 is 15.1 Å². The summed E-state index contributed by atoms with van der Waals surface area (Å²) in [6.45, 7) is 4.39. The van der Waals surface area contributed by atoms with Crippen LogP contribution < -0.4 is 5.32 Å². The Morgan fingerprint density at radius 1 is 1.39 bits per heavy atom. The molecule has 2 atom stereocenters. The van der Waals surface area contributed by atoms with Gasteiger partial charge in [-0.25, -0.2) is 0 Å². The molecule has 1 N–H and O–H groups in total. The molecule has 1 fully saturated rings. The normalized spacial score (nSPS) is 30.6. The van der Waals surface area contributed by atoms with Crippen molar-refractivity contribution in [2.24, 2.45) is 4.99 Å². The second kappa shape index (κ2) is 6.64. The summed E-state index contributed by atoms with van der Waals surface area (Å²) >= 11 is 0. The van der Waals surface area contributed by atoms with Crippen molar-refractivity contribution in [1.82, 2.24) is 15.1 Å². The summed E-state index contributed by atoms with van der Waals surface area (Å²) in [5.41, 5.74) is 1.38. The monoisotopic (exact) mass is 252 g/mol. The predicted molar refractivity (Wildman–Crippen MR) is 77.5 cm³/mol. The Morgan fingerprint density at radius 3 is 2.89 bits per heavy atom. The quantitative estimate of drug-likeness (QED) is 0.804. The van der Waals surface area contributed by atoms with Crippen LogP contribution in [0.15, 0.2) is 4.99 Å². The predicted octanol–water partition coefficient (Wildman–Crippen LogP) is 0.835. The maximum absolute atomic E-state index is 4.63. The maximum Gasteiger partial charge on any atom is 0.0389 e.